The predicted molar refractivity (Wildman–Crippen MR) is 80.3 cm³/mol. The fourth-order valence-electron chi connectivity index (χ4n) is 3.56. The van der Waals surface area contributed by atoms with E-state index in [0.29, 0.717) is 18.1 Å². The summed E-state index contributed by atoms with van der Waals surface area (Å²) in [6.07, 6.45) is 4.08. The van der Waals surface area contributed by atoms with Crippen LogP contribution in [0.5, 0.6) is 0 Å². The Labute approximate surface area is 117 Å². The molecular formula is C17H26N2. The van der Waals surface area contributed by atoms with Crippen molar-refractivity contribution in [2.24, 2.45) is 5.92 Å². The van der Waals surface area contributed by atoms with Crippen LogP contribution >= 0.6 is 0 Å². The number of hydrogen-bond acceptors (Lipinski definition) is 2. The summed E-state index contributed by atoms with van der Waals surface area (Å²) in [5, 5.41) is 3.56. The van der Waals surface area contributed by atoms with Crippen molar-refractivity contribution < 1.29 is 0 Å². The Morgan fingerprint density at radius 2 is 2.00 bits per heavy atom. The number of benzene rings is 1. The molecule has 2 unspecified atom stereocenters. The molecule has 3 rings (SSSR count). The fraction of sp³-hybridized carbons (Fsp3) is 0.647. The third kappa shape index (κ3) is 2.56. The normalized spacial score (nSPS) is 26.2. The molecule has 19 heavy (non-hydrogen) atoms. The molecule has 1 N–H and O–H groups in total. The number of fused-ring (bicyclic) bond motifs is 1. The maximum absolute atomic E-state index is 3.56. The minimum Gasteiger partial charge on any atom is -0.312 e. The van der Waals surface area contributed by atoms with Gasteiger partial charge in [0.15, 0.2) is 0 Å². The summed E-state index contributed by atoms with van der Waals surface area (Å²) in [6, 6.07) is 10.7. The molecule has 1 saturated carbocycles. The molecule has 0 aromatic heterocycles. The van der Waals surface area contributed by atoms with E-state index in [2.05, 4.69) is 55.4 Å². The van der Waals surface area contributed by atoms with Gasteiger partial charge in [0.2, 0.25) is 0 Å². The van der Waals surface area contributed by atoms with Gasteiger partial charge in [0, 0.05) is 24.7 Å². The maximum atomic E-state index is 3.56. The smallest absolute Gasteiger partial charge is 0.0481 e. The Balaban J connectivity index is 1.83. The molecule has 1 fully saturated rings. The lowest BCUT2D eigenvalue weighted by molar-refractivity contribution is 0.124. The fourth-order valence-corrected chi connectivity index (χ4v) is 3.56. The van der Waals surface area contributed by atoms with Gasteiger partial charge in [0.1, 0.15) is 0 Å². The molecule has 2 atom stereocenters. The van der Waals surface area contributed by atoms with Crippen molar-refractivity contribution in [1.82, 2.24) is 10.2 Å². The van der Waals surface area contributed by atoms with Crippen molar-refractivity contribution in [3.63, 3.8) is 0 Å². The van der Waals surface area contributed by atoms with E-state index < -0.39 is 0 Å². The lowest BCUT2D eigenvalue weighted by Gasteiger charge is -2.36. The van der Waals surface area contributed by atoms with Crippen LogP contribution in [0.1, 0.15) is 43.9 Å². The summed E-state index contributed by atoms with van der Waals surface area (Å²) >= 11 is 0. The molecule has 0 radical (unpaired) electrons. The molecule has 1 aromatic rings. The molecule has 2 aliphatic carbocycles. The highest BCUT2D eigenvalue weighted by atomic mass is 15.2. The Morgan fingerprint density at radius 1 is 1.26 bits per heavy atom. The standard InChI is InChI=1S/C17H26N2/c1-12(2)19(11-13-8-9-13)16-10-14-6-4-5-7-15(14)17(16)18-3/h4-7,12-13,16-18H,8-11H2,1-3H3. The van der Waals surface area contributed by atoms with Gasteiger partial charge in [0.25, 0.3) is 0 Å². The van der Waals surface area contributed by atoms with Gasteiger partial charge in [0.05, 0.1) is 0 Å². The van der Waals surface area contributed by atoms with Gasteiger partial charge in [-0.05, 0) is 57.2 Å². The SMILES string of the molecule is CNC1c2ccccc2CC1N(CC1CC1)C(C)C. The minimum atomic E-state index is 0.498. The van der Waals surface area contributed by atoms with Crippen LogP contribution in [0.3, 0.4) is 0 Å². The van der Waals surface area contributed by atoms with Crippen LogP contribution in [0.4, 0.5) is 0 Å². The Morgan fingerprint density at radius 3 is 2.63 bits per heavy atom. The first-order chi connectivity index (χ1) is 9.20. The van der Waals surface area contributed by atoms with E-state index in [9.17, 15) is 0 Å². The first-order valence-electron chi connectivity index (χ1n) is 7.71. The van der Waals surface area contributed by atoms with Crippen molar-refractivity contribution in [2.45, 2.75) is 51.2 Å². The summed E-state index contributed by atoms with van der Waals surface area (Å²) in [5.41, 5.74) is 3.05. The van der Waals surface area contributed by atoms with E-state index in [1.165, 1.54) is 36.9 Å². The van der Waals surface area contributed by atoms with E-state index in [4.69, 9.17) is 0 Å². The van der Waals surface area contributed by atoms with Gasteiger partial charge in [-0.3, -0.25) is 4.90 Å². The molecule has 0 spiro atoms. The number of nitrogens with one attached hydrogen (secondary N) is 1. The van der Waals surface area contributed by atoms with E-state index >= 15 is 0 Å². The number of rotatable bonds is 5. The zero-order chi connectivity index (χ0) is 13.4. The summed E-state index contributed by atoms with van der Waals surface area (Å²) in [6.45, 7) is 5.98. The van der Waals surface area contributed by atoms with E-state index in [1.54, 1.807) is 0 Å². The molecule has 0 bridgehead atoms. The monoisotopic (exact) mass is 258 g/mol. The second kappa shape index (κ2) is 5.26. The van der Waals surface area contributed by atoms with Gasteiger partial charge in [-0.25, -0.2) is 0 Å². The average molecular weight is 258 g/mol. The topological polar surface area (TPSA) is 15.3 Å². The molecule has 0 heterocycles. The van der Waals surface area contributed by atoms with Crippen molar-refractivity contribution in [3.05, 3.63) is 35.4 Å². The Hall–Kier alpha value is -0.860. The van der Waals surface area contributed by atoms with Crippen molar-refractivity contribution in [3.8, 4) is 0 Å². The van der Waals surface area contributed by atoms with Crippen molar-refractivity contribution in [2.75, 3.05) is 13.6 Å². The largest absolute Gasteiger partial charge is 0.312 e. The zero-order valence-corrected chi connectivity index (χ0v) is 12.4. The minimum absolute atomic E-state index is 0.498. The Kier molecular flexibility index (Phi) is 3.64. The van der Waals surface area contributed by atoms with Gasteiger partial charge in [-0.2, -0.15) is 0 Å². The van der Waals surface area contributed by atoms with Crippen molar-refractivity contribution >= 4 is 0 Å². The summed E-state index contributed by atoms with van der Waals surface area (Å²) in [7, 11) is 2.11. The molecule has 0 saturated heterocycles. The molecule has 2 nitrogen and oxygen atoms in total. The predicted octanol–water partition coefficient (Wildman–Crippen LogP) is 2.99. The van der Waals surface area contributed by atoms with Crippen LogP contribution in [0.25, 0.3) is 0 Å². The van der Waals surface area contributed by atoms with Crippen LogP contribution in [-0.4, -0.2) is 30.6 Å². The first-order valence-corrected chi connectivity index (χ1v) is 7.71. The van der Waals surface area contributed by atoms with Gasteiger partial charge in [-0.1, -0.05) is 24.3 Å². The molecule has 2 aliphatic rings. The number of likely N-dealkylation sites (N-methyl/N-ethyl adjacent to an activating group) is 1. The molecular weight excluding hydrogens is 232 g/mol. The maximum Gasteiger partial charge on any atom is 0.0481 e. The van der Waals surface area contributed by atoms with Crippen molar-refractivity contribution in [1.29, 1.82) is 0 Å². The van der Waals surface area contributed by atoms with Gasteiger partial charge < -0.3 is 5.32 Å². The molecule has 0 amide bonds. The summed E-state index contributed by atoms with van der Waals surface area (Å²) < 4.78 is 0. The quantitative estimate of drug-likeness (QED) is 0.873. The zero-order valence-electron chi connectivity index (χ0n) is 12.4. The van der Waals surface area contributed by atoms with Crippen LogP contribution in [0, 0.1) is 5.92 Å². The highest BCUT2D eigenvalue weighted by Gasteiger charge is 2.38. The van der Waals surface area contributed by atoms with E-state index in [-0.39, 0.29) is 0 Å². The average Bonchev–Trinajstić information content (AvgIpc) is 3.14. The second-order valence-corrected chi connectivity index (χ2v) is 6.47. The highest BCUT2D eigenvalue weighted by molar-refractivity contribution is 5.37. The molecule has 0 aliphatic heterocycles. The van der Waals surface area contributed by atoms with Crippen LogP contribution < -0.4 is 5.32 Å². The third-order valence-corrected chi connectivity index (χ3v) is 4.77. The van der Waals surface area contributed by atoms with E-state index in [1.807, 2.05) is 0 Å². The highest BCUT2D eigenvalue weighted by Crippen LogP contribution is 2.38. The Bertz CT molecular complexity index is 437. The molecule has 104 valence electrons. The summed E-state index contributed by atoms with van der Waals surface area (Å²) in [4.78, 5) is 2.73. The van der Waals surface area contributed by atoms with Gasteiger partial charge in [-0.15, -0.1) is 0 Å². The molecule has 1 aromatic carbocycles. The van der Waals surface area contributed by atoms with Crippen LogP contribution in [-0.2, 0) is 6.42 Å². The van der Waals surface area contributed by atoms with Crippen LogP contribution in [0.2, 0.25) is 0 Å². The lowest BCUT2D eigenvalue weighted by atomic mass is 10.0. The third-order valence-electron chi connectivity index (χ3n) is 4.77. The molecule has 2 heteroatoms. The number of nitrogens with zero attached hydrogens (tertiary/aromatic N) is 1. The lowest BCUT2D eigenvalue weighted by Crippen LogP contribution is -2.46. The first kappa shape index (κ1) is 13.1. The van der Waals surface area contributed by atoms with Gasteiger partial charge >= 0.3 is 0 Å². The number of hydrogen-bond donors (Lipinski definition) is 1. The summed E-state index contributed by atoms with van der Waals surface area (Å²) in [5.74, 6) is 0.962. The van der Waals surface area contributed by atoms with Crippen LogP contribution in [0.15, 0.2) is 24.3 Å². The van der Waals surface area contributed by atoms with E-state index in [0.717, 1.165) is 5.92 Å². The second-order valence-electron chi connectivity index (χ2n) is 6.47.